The number of likely N-dealkylation sites (tertiary alicyclic amines) is 1. The highest BCUT2D eigenvalue weighted by Crippen LogP contribution is 2.22. The third-order valence-electron chi connectivity index (χ3n) is 11.5. The van der Waals surface area contributed by atoms with Gasteiger partial charge in [0.15, 0.2) is 0 Å². The van der Waals surface area contributed by atoms with Crippen LogP contribution in [-0.2, 0) is 63.9 Å². The summed E-state index contributed by atoms with van der Waals surface area (Å²) in [6.07, 6.45) is -0.774. The number of phenolic OH excluding ortho intramolecular Hbond substituents is 1. The molecule has 382 valence electrons. The summed E-state index contributed by atoms with van der Waals surface area (Å²) in [6.45, 7) is 6.68. The molecule has 5 unspecified atom stereocenters. The minimum atomic E-state index is -1.75. The van der Waals surface area contributed by atoms with E-state index in [0.717, 1.165) is 18.9 Å². The largest absolute Gasteiger partial charge is 0.508 e. The Bertz CT molecular complexity index is 2020. The van der Waals surface area contributed by atoms with Crippen molar-refractivity contribution in [3.63, 3.8) is 0 Å². The molecule has 0 saturated carbocycles. The van der Waals surface area contributed by atoms with Gasteiger partial charge in [-0.15, -0.1) is 0 Å². The van der Waals surface area contributed by atoms with E-state index in [1.807, 2.05) is 13.8 Å². The van der Waals surface area contributed by atoms with Gasteiger partial charge in [0.1, 0.15) is 54.6 Å². The molecule has 1 aromatic carbocycles. The molecule has 0 bridgehead atoms. The second kappa shape index (κ2) is 28.1. The maximum Gasteiger partial charge on any atom is 0.325 e. The molecule has 8 atom stereocenters. The normalized spacial score (nSPS) is 23.2. The Labute approximate surface area is 404 Å². The first-order valence-corrected chi connectivity index (χ1v) is 24.1. The molecule has 69 heavy (non-hydrogen) atoms. The minimum Gasteiger partial charge on any atom is -0.508 e. The van der Waals surface area contributed by atoms with Crippen LogP contribution in [-0.4, -0.2) is 154 Å². The maximum atomic E-state index is 14.5. The zero-order valence-electron chi connectivity index (χ0n) is 39.6. The van der Waals surface area contributed by atoms with Crippen molar-refractivity contribution in [1.82, 2.24) is 42.1 Å². The number of nitrogens with one attached hydrogen (secondary N) is 7. The second-order valence-corrected chi connectivity index (χ2v) is 18.7. The van der Waals surface area contributed by atoms with Gasteiger partial charge < -0.3 is 62.8 Å². The smallest absolute Gasteiger partial charge is 0.325 e. The van der Waals surface area contributed by atoms with Gasteiger partial charge in [-0.2, -0.15) is 11.8 Å². The molecule has 0 aromatic heterocycles. The lowest BCUT2D eigenvalue weighted by molar-refractivity contribution is -0.143. The summed E-state index contributed by atoms with van der Waals surface area (Å²) in [5, 5.41) is 37.3. The topological polar surface area (TPSA) is 351 Å². The second-order valence-electron chi connectivity index (χ2n) is 17.5. The van der Waals surface area contributed by atoms with Crippen molar-refractivity contribution in [3.8, 4) is 5.75 Å². The van der Waals surface area contributed by atoms with Gasteiger partial charge in [-0.25, -0.2) is 0 Å². The fourth-order valence-corrected chi connectivity index (χ4v) is 8.57. The van der Waals surface area contributed by atoms with Crippen molar-refractivity contribution in [2.24, 2.45) is 17.6 Å². The number of methoxy groups -OCH3 is 1. The summed E-state index contributed by atoms with van der Waals surface area (Å²) in [6, 6.07) is -3.60. The summed E-state index contributed by atoms with van der Waals surface area (Å²) in [5.41, 5.74) is 6.06. The Kier molecular flexibility index (Phi) is 23.2. The van der Waals surface area contributed by atoms with Crippen molar-refractivity contribution < 1.29 is 67.7 Å². The Balaban J connectivity index is 2.01. The number of carboxylic acids is 1. The molecule has 2 aliphatic heterocycles. The summed E-state index contributed by atoms with van der Waals surface area (Å²) in [5.74, 6) is -10.0. The van der Waals surface area contributed by atoms with Crippen LogP contribution in [0, 0.1) is 11.8 Å². The average Bonchev–Trinajstić information content (AvgIpc) is 3.80. The monoisotopic (exact) mass is 989 g/mol. The number of thioether (sulfide) groups is 1. The van der Waals surface area contributed by atoms with Crippen LogP contribution in [0.4, 0.5) is 0 Å². The van der Waals surface area contributed by atoms with Crippen molar-refractivity contribution in [2.75, 3.05) is 31.7 Å². The molecule has 9 amide bonds. The molecule has 0 radical (unpaired) electrons. The van der Waals surface area contributed by atoms with E-state index >= 15 is 0 Å². The zero-order valence-corrected chi connectivity index (χ0v) is 40.4. The molecule has 1 aromatic rings. The van der Waals surface area contributed by atoms with Crippen molar-refractivity contribution in [1.29, 1.82) is 0 Å². The number of aromatic hydroxyl groups is 1. The highest BCUT2D eigenvalue weighted by molar-refractivity contribution is 7.99. The molecule has 2 fully saturated rings. The Hall–Kier alpha value is -6.46. The standard InChI is InChI=1S/C45H67N9O14S/c1-6-25(4)38-44(66)49-28(15-16-36(58)59)40(62)50-31(21-34(46)56)41(63)52-32(23-69-18-8-10-35(57)48-30(42(64)53-38)20-26-11-13-27(55)14-12-26)45(67)54-17-7-9-33(54)43(65)51-29(19-24(2)3)39(61)47-22-37(60)68-5/h11-14,24-25,28-33,38,55H,6-10,15-23H2,1-5H3,(H2,46,56)(H,47,61)(H,48,57)(H,49,66)(H,50,62)(H,51,65)(H,52,63)(H,53,64)(H,58,59)/t25?,28-,29?,30-,31-,32?,33?,38?/m0/s1. The van der Waals surface area contributed by atoms with E-state index in [-0.39, 0.29) is 61.8 Å². The lowest BCUT2D eigenvalue weighted by Gasteiger charge is -2.31. The molecule has 3 rings (SSSR count). The number of ether oxygens (including phenoxy) is 1. The number of hydrogen-bond donors (Lipinski definition) is 10. The quantitative estimate of drug-likeness (QED) is 0.0793. The number of rotatable bonds is 17. The fourth-order valence-electron chi connectivity index (χ4n) is 7.59. The van der Waals surface area contributed by atoms with E-state index < -0.39 is 139 Å². The van der Waals surface area contributed by atoms with Gasteiger partial charge >= 0.3 is 11.9 Å². The lowest BCUT2D eigenvalue weighted by Crippen LogP contribution is -2.61. The lowest BCUT2D eigenvalue weighted by atomic mass is 9.96. The van der Waals surface area contributed by atoms with Crippen LogP contribution in [0.5, 0.6) is 5.75 Å². The van der Waals surface area contributed by atoms with Crippen LogP contribution in [0.3, 0.4) is 0 Å². The van der Waals surface area contributed by atoms with Crippen LogP contribution < -0.4 is 43.0 Å². The molecule has 2 heterocycles. The third kappa shape index (κ3) is 18.9. The predicted molar refractivity (Wildman–Crippen MR) is 249 cm³/mol. The van der Waals surface area contributed by atoms with E-state index in [2.05, 4.69) is 42.0 Å². The highest BCUT2D eigenvalue weighted by Gasteiger charge is 2.41. The van der Waals surface area contributed by atoms with Crippen LogP contribution in [0.1, 0.15) is 91.0 Å². The SMILES string of the molecule is CCC(C)C1NC(=O)[C@H](Cc2ccc(O)cc2)NC(=O)CCCSCC(C(=O)N2CCCC2C(=O)NC(CC(C)C)C(=O)NCC(=O)OC)NC(=O)[C@H](CC(N)=O)NC(=O)[C@H](CCC(=O)O)NC1=O. The molecular formula is C45H67N9O14S. The van der Waals surface area contributed by atoms with Gasteiger partial charge in [0.2, 0.25) is 53.2 Å². The van der Waals surface area contributed by atoms with Crippen LogP contribution in [0.15, 0.2) is 24.3 Å². The number of carbonyl (C=O) groups is 11. The van der Waals surface area contributed by atoms with E-state index in [0.29, 0.717) is 18.4 Å². The Morgan fingerprint density at radius 2 is 1.54 bits per heavy atom. The molecule has 11 N–H and O–H groups in total. The Morgan fingerprint density at radius 1 is 0.884 bits per heavy atom. The van der Waals surface area contributed by atoms with Crippen molar-refractivity contribution in [2.45, 2.75) is 134 Å². The first kappa shape index (κ1) is 56.9. The van der Waals surface area contributed by atoms with E-state index in [9.17, 15) is 63.0 Å². The number of phenols is 1. The summed E-state index contributed by atoms with van der Waals surface area (Å²) < 4.78 is 4.59. The van der Waals surface area contributed by atoms with Crippen LogP contribution in [0.2, 0.25) is 0 Å². The number of aliphatic carboxylic acids is 1. The molecule has 0 spiro atoms. The number of benzene rings is 1. The molecular weight excluding hydrogens is 923 g/mol. The average molecular weight is 990 g/mol. The molecule has 2 saturated heterocycles. The van der Waals surface area contributed by atoms with E-state index in [1.165, 1.54) is 17.0 Å². The van der Waals surface area contributed by atoms with Crippen molar-refractivity contribution in [3.05, 3.63) is 29.8 Å². The van der Waals surface area contributed by atoms with Gasteiger partial charge in [0.05, 0.1) is 13.5 Å². The van der Waals surface area contributed by atoms with Crippen LogP contribution in [0.25, 0.3) is 0 Å². The number of nitrogens with zero attached hydrogens (tertiary/aromatic N) is 1. The number of primary amides is 1. The first-order valence-electron chi connectivity index (χ1n) is 23.0. The molecule has 0 aliphatic carbocycles. The summed E-state index contributed by atoms with van der Waals surface area (Å²) in [4.78, 5) is 148. The highest BCUT2D eigenvalue weighted by atomic mass is 32.2. The first-order chi connectivity index (χ1) is 32.6. The van der Waals surface area contributed by atoms with Crippen LogP contribution >= 0.6 is 11.8 Å². The number of carbonyl (C=O) groups excluding carboxylic acids is 10. The van der Waals surface area contributed by atoms with E-state index in [4.69, 9.17) is 5.73 Å². The van der Waals surface area contributed by atoms with Gasteiger partial charge in [-0.05, 0) is 67.4 Å². The van der Waals surface area contributed by atoms with Gasteiger partial charge in [0, 0.05) is 31.6 Å². The van der Waals surface area contributed by atoms with E-state index in [1.54, 1.807) is 26.0 Å². The number of hydrogen-bond acceptors (Lipinski definition) is 14. The fraction of sp³-hybridized carbons (Fsp3) is 0.622. The summed E-state index contributed by atoms with van der Waals surface area (Å²) >= 11 is 1.16. The predicted octanol–water partition coefficient (Wildman–Crippen LogP) is -1.52. The van der Waals surface area contributed by atoms with Gasteiger partial charge in [-0.3, -0.25) is 52.7 Å². The third-order valence-corrected chi connectivity index (χ3v) is 12.7. The minimum absolute atomic E-state index is 0.0302. The number of amides is 9. The van der Waals surface area contributed by atoms with Gasteiger partial charge in [-0.1, -0.05) is 46.2 Å². The number of esters is 1. The molecule has 24 heteroatoms. The molecule has 2 aliphatic rings. The van der Waals surface area contributed by atoms with Gasteiger partial charge in [0.25, 0.3) is 0 Å². The molecule has 23 nitrogen and oxygen atoms in total. The zero-order chi connectivity index (χ0) is 51.4. The van der Waals surface area contributed by atoms with Crippen molar-refractivity contribution >= 4 is 76.9 Å². The number of carboxylic acid groups (broad SMARTS) is 1. The maximum absolute atomic E-state index is 14.5. The number of nitrogens with two attached hydrogens (primary N) is 1. The summed E-state index contributed by atoms with van der Waals surface area (Å²) in [7, 11) is 1.15. The Morgan fingerprint density at radius 3 is 2.16 bits per heavy atom.